The number of hydrogen-bond acceptors (Lipinski definition) is 1. The van der Waals surface area contributed by atoms with Gasteiger partial charge >= 0.3 is 0 Å². The monoisotopic (exact) mass is 248 g/mol. The van der Waals surface area contributed by atoms with Gasteiger partial charge in [0.1, 0.15) is 5.75 Å². The Balaban J connectivity index is 1.80. The van der Waals surface area contributed by atoms with Crippen molar-refractivity contribution >= 4 is 0 Å². The highest BCUT2D eigenvalue weighted by molar-refractivity contribution is 5.44. The molecule has 0 unspecified atom stereocenters. The lowest BCUT2D eigenvalue weighted by Gasteiger charge is -2.15. The molecule has 0 aromatic heterocycles. The Morgan fingerprint density at radius 2 is 1.72 bits per heavy atom. The van der Waals surface area contributed by atoms with Gasteiger partial charge in [0, 0.05) is 19.3 Å². The Morgan fingerprint density at radius 3 is 2.44 bits per heavy atom. The van der Waals surface area contributed by atoms with Crippen LogP contribution in [-0.2, 0) is 0 Å². The highest BCUT2D eigenvalue weighted by Gasteiger charge is 2.14. The predicted molar refractivity (Wildman–Crippen MR) is 75.6 cm³/mol. The molecule has 1 N–H and O–H groups in total. The number of quaternary nitrogens is 1. The molecule has 1 aliphatic rings. The minimum Gasteiger partial charge on any atom is -0.493 e. The molecule has 0 radical (unpaired) electrons. The molecule has 1 aromatic carbocycles. The van der Waals surface area contributed by atoms with Crippen LogP contribution in [0.5, 0.6) is 5.75 Å². The second-order valence-corrected chi connectivity index (χ2v) is 5.56. The first kappa shape index (κ1) is 13.4. The number of aryl methyl sites for hydroxylation is 2. The van der Waals surface area contributed by atoms with Crippen LogP contribution in [0.1, 0.15) is 36.0 Å². The van der Waals surface area contributed by atoms with Crippen LogP contribution in [0, 0.1) is 20.8 Å². The Kier molecular flexibility index (Phi) is 4.65. The lowest BCUT2D eigenvalue weighted by molar-refractivity contribution is -0.887. The third-order valence-electron chi connectivity index (χ3n) is 4.11. The first-order chi connectivity index (χ1) is 8.68. The molecule has 0 saturated carbocycles. The average Bonchev–Trinajstić information content (AvgIpc) is 2.86. The molecule has 100 valence electrons. The molecular weight excluding hydrogens is 222 g/mol. The highest BCUT2D eigenvalue weighted by Crippen LogP contribution is 2.25. The molecule has 2 heteroatoms. The summed E-state index contributed by atoms with van der Waals surface area (Å²) in [7, 11) is 0. The van der Waals surface area contributed by atoms with E-state index in [-0.39, 0.29) is 0 Å². The van der Waals surface area contributed by atoms with E-state index >= 15 is 0 Å². The molecule has 0 amide bonds. The van der Waals surface area contributed by atoms with Gasteiger partial charge in [-0.3, -0.25) is 0 Å². The van der Waals surface area contributed by atoms with Gasteiger partial charge in [-0.2, -0.15) is 0 Å². The largest absolute Gasteiger partial charge is 0.493 e. The fourth-order valence-electron chi connectivity index (χ4n) is 2.77. The number of ether oxygens (including phenoxy) is 1. The SMILES string of the molecule is Cc1ccc(C)c(OCCC[NH+]2CCCC2)c1C. The lowest BCUT2D eigenvalue weighted by Crippen LogP contribution is -3.10. The van der Waals surface area contributed by atoms with Crippen molar-refractivity contribution in [3.05, 3.63) is 28.8 Å². The van der Waals surface area contributed by atoms with E-state index in [4.69, 9.17) is 4.74 Å². The predicted octanol–water partition coefficient (Wildman–Crippen LogP) is 2.06. The van der Waals surface area contributed by atoms with Crippen molar-refractivity contribution in [1.29, 1.82) is 0 Å². The van der Waals surface area contributed by atoms with E-state index in [2.05, 4.69) is 32.9 Å². The molecular formula is C16H26NO+. The van der Waals surface area contributed by atoms with Crippen molar-refractivity contribution in [2.24, 2.45) is 0 Å². The summed E-state index contributed by atoms with van der Waals surface area (Å²) in [5.74, 6) is 1.10. The van der Waals surface area contributed by atoms with Gasteiger partial charge in [-0.25, -0.2) is 0 Å². The van der Waals surface area contributed by atoms with Gasteiger partial charge in [0.15, 0.2) is 0 Å². The van der Waals surface area contributed by atoms with Crippen LogP contribution in [-0.4, -0.2) is 26.2 Å². The van der Waals surface area contributed by atoms with Gasteiger partial charge in [0.2, 0.25) is 0 Å². The van der Waals surface area contributed by atoms with Crippen molar-refractivity contribution in [1.82, 2.24) is 0 Å². The van der Waals surface area contributed by atoms with Crippen molar-refractivity contribution in [3.63, 3.8) is 0 Å². The summed E-state index contributed by atoms with van der Waals surface area (Å²) < 4.78 is 5.99. The van der Waals surface area contributed by atoms with Gasteiger partial charge in [-0.05, 0) is 37.5 Å². The van der Waals surface area contributed by atoms with Crippen LogP contribution in [0.15, 0.2) is 12.1 Å². The second kappa shape index (κ2) is 6.24. The standard InChI is InChI=1S/C16H25NO/c1-13-7-8-14(2)16(15(13)3)18-12-6-11-17-9-4-5-10-17/h7-8H,4-6,9-12H2,1-3H3/p+1. The zero-order chi connectivity index (χ0) is 13.0. The number of rotatable bonds is 5. The minimum atomic E-state index is 0.856. The summed E-state index contributed by atoms with van der Waals surface area (Å²) in [4.78, 5) is 1.76. The van der Waals surface area contributed by atoms with E-state index in [1.54, 1.807) is 4.90 Å². The first-order valence-electron chi connectivity index (χ1n) is 7.21. The van der Waals surface area contributed by atoms with Crippen LogP contribution in [0.2, 0.25) is 0 Å². The van der Waals surface area contributed by atoms with E-state index in [9.17, 15) is 0 Å². The number of hydrogen-bond donors (Lipinski definition) is 1. The van der Waals surface area contributed by atoms with Crippen molar-refractivity contribution < 1.29 is 9.64 Å². The lowest BCUT2D eigenvalue weighted by atomic mass is 10.1. The molecule has 1 aromatic rings. The summed E-state index contributed by atoms with van der Waals surface area (Å²) >= 11 is 0. The van der Waals surface area contributed by atoms with E-state index in [0.29, 0.717) is 0 Å². The normalized spacial score (nSPS) is 16.2. The quantitative estimate of drug-likeness (QED) is 0.788. The van der Waals surface area contributed by atoms with Crippen molar-refractivity contribution in [3.8, 4) is 5.75 Å². The average molecular weight is 248 g/mol. The molecule has 1 aliphatic heterocycles. The second-order valence-electron chi connectivity index (χ2n) is 5.56. The first-order valence-corrected chi connectivity index (χ1v) is 7.21. The zero-order valence-corrected chi connectivity index (χ0v) is 12.0. The van der Waals surface area contributed by atoms with Gasteiger partial charge in [0.25, 0.3) is 0 Å². The number of nitrogens with one attached hydrogen (secondary N) is 1. The molecule has 0 bridgehead atoms. The summed E-state index contributed by atoms with van der Waals surface area (Å²) in [5.41, 5.74) is 3.87. The molecule has 1 saturated heterocycles. The molecule has 0 atom stereocenters. The summed E-state index contributed by atoms with van der Waals surface area (Å²) in [6, 6.07) is 4.33. The van der Waals surface area contributed by atoms with Gasteiger partial charge in [-0.15, -0.1) is 0 Å². The third-order valence-corrected chi connectivity index (χ3v) is 4.11. The van der Waals surface area contributed by atoms with Gasteiger partial charge < -0.3 is 9.64 Å². The van der Waals surface area contributed by atoms with E-state index in [1.807, 2.05) is 0 Å². The molecule has 0 spiro atoms. The van der Waals surface area contributed by atoms with Crippen LogP contribution < -0.4 is 9.64 Å². The summed E-state index contributed by atoms with van der Waals surface area (Å²) in [6.45, 7) is 11.3. The number of benzene rings is 1. The third kappa shape index (κ3) is 3.26. The van der Waals surface area contributed by atoms with Crippen molar-refractivity contribution in [2.75, 3.05) is 26.2 Å². The molecule has 0 aliphatic carbocycles. The Bertz CT molecular complexity index is 394. The van der Waals surface area contributed by atoms with Crippen molar-refractivity contribution in [2.45, 2.75) is 40.0 Å². The smallest absolute Gasteiger partial charge is 0.125 e. The van der Waals surface area contributed by atoms with Gasteiger partial charge in [0.05, 0.1) is 26.2 Å². The summed E-state index contributed by atoms with van der Waals surface area (Å²) in [6.07, 6.45) is 3.99. The van der Waals surface area contributed by atoms with E-state index < -0.39 is 0 Å². The van der Waals surface area contributed by atoms with Crippen LogP contribution >= 0.6 is 0 Å². The van der Waals surface area contributed by atoms with Crippen LogP contribution in [0.3, 0.4) is 0 Å². The highest BCUT2D eigenvalue weighted by atomic mass is 16.5. The Labute approximate surface area is 111 Å². The maximum Gasteiger partial charge on any atom is 0.125 e. The Hall–Kier alpha value is -1.02. The minimum absolute atomic E-state index is 0.856. The van der Waals surface area contributed by atoms with Crippen LogP contribution in [0.25, 0.3) is 0 Å². The molecule has 2 rings (SSSR count). The molecule has 2 nitrogen and oxygen atoms in total. The zero-order valence-electron chi connectivity index (χ0n) is 12.0. The van der Waals surface area contributed by atoms with E-state index in [0.717, 1.165) is 12.4 Å². The molecule has 1 fully saturated rings. The Morgan fingerprint density at radius 1 is 1.06 bits per heavy atom. The van der Waals surface area contributed by atoms with Crippen LogP contribution in [0.4, 0.5) is 0 Å². The number of likely N-dealkylation sites (tertiary alicyclic amines) is 1. The summed E-state index contributed by atoms with van der Waals surface area (Å²) in [5, 5.41) is 0. The fourth-order valence-corrected chi connectivity index (χ4v) is 2.77. The molecule has 1 heterocycles. The fraction of sp³-hybridized carbons (Fsp3) is 0.625. The maximum absolute atomic E-state index is 5.99. The van der Waals surface area contributed by atoms with E-state index in [1.165, 1.54) is 55.6 Å². The topological polar surface area (TPSA) is 13.7 Å². The molecule has 18 heavy (non-hydrogen) atoms. The maximum atomic E-state index is 5.99. The van der Waals surface area contributed by atoms with Gasteiger partial charge in [-0.1, -0.05) is 12.1 Å².